The lowest BCUT2D eigenvalue weighted by Crippen LogP contribution is -2.57. The molecule has 0 amide bonds. The molecule has 4 aromatic rings. The van der Waals surface area contributed by atoms with Gasteiger partial charge in [-0.15, -0.1) is 0 Å². The van der Waals surface area contributed by atoms with Crippen LogP contribution < -0.4 is 20.9 Å². The van der Waals surface area contributed by atoms with Crippen molar-refractivity contribution in [1.29, 1.82) is 0 Å². The Morgan fingerprint density at radius 2 is 1.84 bits per heavy atom. The third-order valence-corrected chi connectivity index (χ3v) is 9.48. The molecule has 2 aliphatic rings. The first-order valence-corrected chi connectivity index (χ1v) is 15.9. The SMILES string of the molecule is C[C@H](NP(=O)(OC[C@H]1O[C@@H](n2ccc(=O)[nH]c2=O)[C@@]2(CCO2)[C@@H]1O)Oc1cccc2ccccc12)C(=O)OCc1ccccc1. The number of benzene rings is 3. The van der Waals surface area contributed by atoms with Crippen LogP contribution >= 0.6 is 7.75 Å². The highest BCUT2D eigenvalue weighted by Gasteiger charge is 2.62. The molecule has 0 aliphatic carbocycles. The molecule has 0 radical (unpaired) electrons. The summed E-state index contributed by atoms with van der Waals surface area (Å²) in [7, 11) is -4.37. The quantitative estimate of drug-likeness (QED) is 0.163. The topological polar surface area (TPSA) is 167 Å². The lowest BCUT2D eigenvalue weighted by atomic mass is 9.86. The fourth-order valence-corrected chi connectivity index (χ4v) is 6.96. The number of nitrogens with zero attached hydrogens (tertiary/aromatic N) is 1. The van der Waals surface area contributed by atoms with E-state index in [2.05, 4.69) is 10.1 Å². The van der Waals surface area contributed by atoms with Gasteiger partial charge in [0.15, 0.2) is 6.23 Å². The summed E-state index contributed by atoms with van der Waals surface area (Å²) < 4.78 is 44.5. The summed E-state index contributed by atoms with van der Waals surface area (Å²) in [6.07, 6.45) is -1.91. The molecule has 3 aromatic carbocycles. The van der Waals surface area contributed by atoms with Crippen molar-refractivity contribution in [2.75, 3.05) is 13.2 Å². The number of carbonyl (C=O) groups excluding carboxylic acids is 1. The first kappa shape index (κ1) is 30.9. The Balaban J connectivity index is 1.23. The fraction of sp³-hybridized carbons (Fsp3) is 0.323. The summed E-state index contributed by atoms with van der Waals surface area (Å²) in [6, 6.07) is 21.7. The number of aliphatic hydroxyl groups excluding tert-OH is 1. The van der Waals surface area contributed by atoms with Crippen LogP contribution in [0.4, 0.5) is 0 Å². The minimum atomic E-state index is -4.37. The second kappa shape index (κ2) is 12.7. The van der Waals surface area contributed by atoms with Crippen molar-refractivity contribution in [3.63, 3.8) is 0 Å². The van der Waals surface area contributed by atoms with E-state index < -0.39 is 61.7 Å². The van der Waals surface area contributed by atoms with Crippen molar-refractivity contribution < 1.29 is 37.7 Å². The molecule has 6 atom stereocenters. The van der Waals surface area contributed by atoms with Crippen molar-refractivity contribution >= 4 is 24.5 Å². The van der Waals surface area contributed by atoms with E-state index in [0.29, 0.717) is 18.4 Å². The third kappa shape index (κ3) is 6.36. The third-order valence-electron chi connectivity index (χ3n) is 7.85. The van der Waals surface area contributed by atoms with Gasteiger partial charge < -0.3 is 23.8 Å². The van der Waals surface area contributed by atoms with Crippen LogP contribution in [0, 0.1) is 0 Å². The van der Waals surface area contributed by atoms with Gasteiger partial charge in [0.1, 0.15) is 36.2 Å². The van der Waals surface area contributed by atoms with Crippen LogP contribution in [0.1, 0.15) is 25.1 Å². The second-order valence-electron chi connectivity index (χ2n) is 10.8. The zero-order valence-corrected chi connectivity index (χ0v) is 25.1. The molecule has 45 heavy (non-hydrogen) atoms. The van der Waals surface area contributed by atoms with E-state index in [9.17, 15) is 24.1 Å². The van der Waals surface area contributed by atoms with Gasteiger partial charge in [0, 0.05) is 24.1 Å². The number of nitrogens with one attached hydrogen (secondary N) is 2. The highest BCUT2D eigenvalue weighted by Crippen LogP contribution is 2.51. The molecule has 0 bridgehead atoms. The normalized spacial score (nSPS) is 24.5. The van der Waals surface area contributed by atoms with Gasteiger partial charge in [-0.2, -0.15) is 5.09 Å². The number of rotatable bonds is 11. The first-order chi connectivity index (χ1) is 21.7. The van der Waals surface area contributed by atoms with Gasteiger partial charge >= 0.3 is 19.4 Å². The number of aliphatic hydroxyl groups is 1. The van der Waals surface area contributed by atoms with Gasteiger partial charge in [-0.1, -0.05) is 66.7 Å². The van der Waals surface area contributed by atoms with Crippen LogP contribution in [0.25, 0.3) is 10.8 Å². The number of esters is 1. The number of ether oxygens (including phenoxy) is 3. The zero-order chi connectivity index (χ0) is 31.6. The van der Waals surface area contributed by atoms with Gasteiger partial charge in [0.25, 0.3) is 5.56 Å². The van der Waals surface area contributed by atoms with Gasteiger partial charge in [-0.05, 0) is 23.9 Å². The van der Waals surface area contributed by atoms with Crippen LogP contribution in [-0.2, 0) is 34.7 Å². The van der Waals surface area contributed by atoms with E-state index in [1.165, 1.54) is 13.1 Å². The molecule has 3 N–H and O–H groups in total. The lowest BCUT2D eigenvalue weighted by Gasteiger charge is -2.44. The van der Waals surface area contributed by atoms with E-state index in [0.717, 1.165) is 21.6 Å². The summed E-state index contributed by atoms with van der Waals surface area (Å²) in [5.74, 6) is -0.459. The Morgan fingerprint density at radius 1 is 1.11 bits per heavy atom. The number of aromatic nitrogens is 2. The van der Waals surface area contributed by atoms with Crippen molar-refractivity contribution in [2.24, 2.45) is 0 Å². The average molecular weight is 638 g/mol. The summed E-state index contributed by atoms with van der Waals surface area (Å²) in [6.45, 7) is 1.32. The summed E-state index contributed by atoms with van der Waals surface area (Å²) in [4.78, 5) is 39.3. The second-order valence-corrected chi connectivity index (χ2v) is 12.5. The van der Waals surface area contributed by atoms with E-state index in [1.54, 1.807) is 24.3 Å². The van der Waals surface area contributed by atoms with Gasteiger partial charge in [-0.3, -0.25) is 23.7 Å². The number of carbonyl (C=O) groups is 1. The van der Waals surface area contributed by atoms with Crippen molar-refractivity contribution in [2.45, 2.75) is 50.0 Å². The average Bonchev–Trinajstić information content (AvgIpc) is 3.31. The van der Waals surface area contributed by atoms with E-state index in [-0.39, 0.29) is 12.4 Å². The van der Waals surface area contributed by atoms with Gasteiger partial charge in [0.2, 0.25) is 0 Å². The van der Waals surface area contributed by atoms with Crippen molar-refractivity contribution in [3.8, 4) is 5.75 Å². The number of fused-ring (bicyclic) bond motifs is 1. The Hall–Kier alpha value is -4.10. The van der Waals surface area contributed by atoms with Crippen LogP contribution in [0.2, 0.25) is 0 Å². The predicted molar refractivity (Wildman–Crippen MR) is 162 cm³/mol. The van der Waals surface area contributed by atoms with E-state index >= 15 is 0 Å². The maximum Gasteiger partial charge on any atom is 0.459 e. The highest BCUT2D eigenvalue weighted by molar-refractivity contribution is 7.52. The van der Waals surface area contributed by atoms with E-state index in [1.807, 2.05) is 48.5 Å². The van der Waals surface area contributed by atoms with Crippen molar-refractivity contribution in [1.82, 2.24) is 14.6 Å². The molecule has 2 aliphatic heterocycles. The number of aromatic amines is 1. The van der Waals surface area contributed by atoms with E-state index in [4.69, 9.17) is 23.3 Å². The Morgan fingerprint density at radius 3 is 2.58 bits per heavy atom. The molecule has 3 heterocycles. The molecule has 2 fully saturated rings. The van der Waals surface area contributed by atoms with Crippen LogP contribution in [-0.4, -0.2) is 57.7 Å². The molecule has 2 saturated heterocycles. The lowest BCUT2D eigenvalue weighted by molar-refractivity contribution is -0.227. The molecule has 1 spiro atoms. The van der Waals surface area contributed by atoms with Gasteiger partial charge in [0.05, 0.1) is 13.2 Å². The Kier molecular flexibility index (Phi) is 8.74. The molecule has 0 saturated carbocycles. The first-order valence-electron chi connectivity index (χ1n) is 14.4. The molecular formula is C31H32N3O10P. The molecule has 14 heteroatoms. The molecular weight excluding hydrogens is 605 g/mol. The molecule has 1 aromatic heterocycles. The molecule has 236 valence electrons. The summed E-state index contributed by atoms with van der Waals surface area (Å²) in [5.41, 5.74) is -1.85. The zero-order valence-electron chi connectivity index (χ0n) is 24.2. The minimum Gasteiger partial charge on any atom is -0.460 e. The monoisotopic (exact) mass is 637 g/mol. The highest BCUT2D eigenvalue weighted by atomic mass is 31.2. The maximum atomic E-state index is 14.3. The fourth-order valence-electron chi connectivity index (χ4n) is 5.43. The minimum absolute atomic E-state index is 0.0106. The number of hydrogen-bond acceptors (Lipinski definition) is 10. The largest absolute Gasteiger partial charge is 0.460 e. The summed E-state index contributed by atoms with van der Waals surface area (Å²) >= 11 is 0. The predicted octanol–water partition coefficient (Wildman–Crippen LogP) is 3.03. The van der Waals surface area contributed by atoms with Crippen LogP contribution in [0.15, 0.2) is 94.6 Å². The Labute approximate surface area is 257 Å². The summed E-state index contributed by atoms with van der Waals surface area (Å²) in [5, 5.41) is 15.4. The Bertz CT molecular complexity index is 1840. The molecule has 13 nitrogen and oxygen atoms in total. The molecule has 6 rings (SSSR count). The van der Waals surface area contributed by atoms with Crippen LogP contribution in [0.3, 0.4) is 0 Å². The molecule has 1 unspecified atom stereocenters. The number of hydrogen-bond donors (Lipinski definition) is 3. The standard InChI is InChI=1S/C31H32N3O10P/c1-20(28(37)40-18-21-8-3-2-4-9-21)33-45(39,44-24-13-7-11-22-10-5-6-12-23(22)24)42-19-25-27(36)31(15-17-41-31)29(43-25)34-16-14-26(35)32-30(34)38/h2-14,16,20,25,27,29,36H,15,17-19H2,1H3,(H,33,39)(H,32,35,38)/t20-,25+,27+,29+,31+,45?/m0/s1. The van der Waals surface area contributed by atoms with Gasteiger partial charge in [-0.25, -0.2) is 9.36 Å². The maximum absolute atomic E-state index is 14.3. The van der Waals surface area contributed by atoms with Crippen molar-refractivity contribution in [3.05, 3.63) is 111 Å². The smallest absolute Gasteiger partial charge is 0.459 e. The number of H-pyrrole nitrogens is 1. The van der Waals surface area contributed by atoms with Crippen LogP contribution in [0.5, 0.6) is 5.75 Å².